The van der Waals surface area contributed by atoms with E-state index in [1.54, 1.807) is 11.3 Å². The predicted octanol–water partition coefficient (Wildman–Crippen LogP) is 5.45. The normalized spacial score (nSPS) is 12.3. The van der Waals surface area contributed by atoms with Crippen LogP contribution in [0.25, 0.3) is 10.1 Å². The molecule has 1 amide bonds. The Morgan fingerprint density at radius 1 is 1.14 bits per heavy atom. The lowest BCUT2D eigenvalue weighted by Crippen LogP contribution is -2.12. The molecule has 1 N–H and O–H groups in total. The van der Waals surface area contributed by atoms with Crippen LogP contribution in [0.1, 0.15) is 28.2 Å². The van der Waals surface area contributed by atoms with E-state index in [1.807, 2.05) is 60.8 Å². The van der Waals surface area contributed by atoms with Crippen molar-refractivity contribution < 1.29 is 4.79 Å². The number of benzene rings is 2. The van der Waals surface area contributed by atoms with Gasteiger partial charge in [0.2, 0.25) is 0 Å². The smallest absolute Gasteiger partial charge is 0.257 e. The fourth-order valence-corrected chi connectivity index (χ4v) is 3.43. The summed E-state index contributed by atoms with van der Waals surface area (Å²) in [7, 11) is 0. The molecule has 0 aliphatic heterocycles. The minimum atomic E-state index is -0.152. The minimum absolute atomic E-state index is 0.0998. The van der Waals surface area contributed by atoms with Crippen LogP contribution in [0, 0.1) is 0 Å². The maximum atomic E-state index is 12.5. The second-order valence-electron chi connectivity index (χ2n) is 4.80. The Kier molecular flexibility index (Phi) is 3.95. The highest BCUT2D eigenvalue weighted by molar-refractivity contribution is 7.17. The molecule has 0 saturated carbocycles. The molecule has 0 aliphatic carbocycles. The Hall–Kier alpha value is -1.84. The first-order valence-electron chi connectivity index (χ1n) is 6.67. The molecule has 0 bridgehead atoms. The summed E-state index contributed by atoms with van der Waals surface area (Å²) in [4.78, 5) is 12.5. The van der Waals surface area contributed by atoms with Crippen molar-refractivity contribution >= 4 is 44.6 Å². The first-order chi connectivity index (χ1) is 10.2. The molecular weight excluding hydrogens is 302 g/mol. The number of carbonyl (C=O) groups is 1. The third-order valence-electron chi connectivity index (χ3n) is 3.36. The van der Waals surface area contributed by atoms with Gasteiger partial charge in [-0.25, -0.2) is 0 Å². The van der Waals surface area contributed by atoms with E-state index >= 15 is 0 Å². The molecule has 0 radical (unpaired) electrons. The highest BCUT2D eigenvalue weighted by Gasteiger charge is 2.14. The SMILES string of the molecule is CC(Cl)c1ccccc1NC(=O)c1csc2ccccc12. The summed E-state index contributed by atoms with van der Waals surface area (Å²) in [5.74, 6) is -0.0998. The van der Waals surface area contributed by atoms with E-state index < -0.39 is 0 Å². The third-order valence-corrected chi connectivity index (χ3v) is 4.56. The van der Waals surface area contributed by atoms with Gasteiger partial charge in [-0.05, 0) is 24.6 Å². The Balaban J connectivity index is 1.94. The summed E-state index contributed by atoms with van der Waals surface area (Å²) in [5, 5.41) is 5.70. The van der Waals surface area contributed by atoms with E-state index in [0.29, 0.717) is 5.56 Å². The van der Waals surface area contributed by atoms with Crippen molar-refractivity contribution in [2.45, 2.75) is 12.3 Å². The molecular formula is C17H14ClNOS. The maximum absolute atomic E-state index is 12.5. The lowest BCUT2D eigenvalue weighted by atomic mass is 10.1. The molecule has 3 aromatic rings. The van der Waals surface area contributed by atoms with Gasteiger partial charge in [-0.1, -0.05) is 36.4 Å². The van der Waals surface area contributed by atoms with Crippen LogP contribution in [0.4, 0.5) is 5.69 Å². The Bertz CT molecular complexity index is 794. The van der Waals surface area contributed by atoms with Crippen LogP contribution >= 0.6 is 22.9 Å². The van der Waals surface area contributed by atoms with Gasteiger partial charge in [-0.3, -0.25) is 4.79 Å². The van der Waals surface area contributed by atoms with E-state index in [9.17, 15) is 4.79 Å². The number of anilines is 1. The van der Waals surface area contributed by atoms with Gasteiger partial charge in [-0.15, -0.1) is 22.9 Å². The van der Waals surface area contributed by atoms with Crippen LogP contribution in [-0.4, -0.2) is 5.91 Å². The maximum Gasteiger partial charge on any atom is 0.257 e. The number of alkyl halides is 1. The first kappa shape index (κ1) is 14.1. The lowest BCUT2D eigenvalue weighted by molar-refractivity contribution is 0.102. The zero-order valence-electron chi connectivity index (χ0n) is 11.5. The van der Waals surface area contributed by atoms with E-state index in [0.717, 1.165) is 21.3 Å². The van der Waals surface area contributed by atoms with Crippen LogP contribution in [0.2, 0.25) is 0 Å². The molecule has 4 heteroatoms. The van der Waals surface area contributed by atoms with Gasteiger partial charge >= 0.3 is 0 Å². The fraction of sp³-hybridized carbons (Fsp3) is 0.118. The standard InChI is InChI=1S/C17H14ClNOS/c1-11(18)12-6-2-4-8-15(12)19-17(20)14-10-21-16-9-5-3-7-13(14)16/h2-11H,1H3,(H,19,20). The molecule has 106 valence electrons. The molecule has 1 heterocycles. The number of thiophene rings is 1. The number of hydrogen-bond acceptors (Lipinski definition) is 2. The minimum Gasteiger partial charge on any atom is -0.322 e. The second kappa shape index (κ2) is 5.88. The van der Waals surface area contributed by atoms with Crippen molar-refractivity contribution in [3.8, 4) is 0 Å². The van der Waals surface area contributed by atoms with E-state index in [1.165, 1.54) is 0 Å². The van der Waals surface area contributed by atoms with Gasteiger partial charge in [0.25, 0.3) is 5.91 Å². The average molecular weight is 316 g/mol. The highest BCUT2D eigenvalue weighted by Crippen LogP contribution is 2.29. The van der Waals surface area contributed by atoms with E-state index in [2.05, 4.69) is 5.32 Å². The number of para-hydroxylation sites is 1. The summed E-state index contributed by atoms with van der Waals surface area (Å²) < 4.78 is 1.11. The molecule has 0 spiro atoms. The average Bonchev–Trinajstić information content (AvgIpc) is 2.91. The number of nitrogens with one attached hydrogen (secondary N) is 1. The number of fused-ring (bicyclic) bond motifs is 1. The molecule has 1 aromatic heterocycles. The van der Waals surface area contributed by atoms with Crippen molar-refractivity contribution in [1.29, 1.82) is 0 Å². The van der Waals surface area contributed by atoms with Crippen LogP contribution in [0.15, 0.2) is 53.9 Å². The van der Waals surface area contributed by atoms with Gasteiger partial charge in [0, 0.05) is 21.2 Å². The quantitative estimate of drug-likeness (QED) is 0.639. The van der Waals surface area contributed by atoms with E-state index in [4.69, 9.17) is 11.6 Å². The fourth-order valence-electron chi connectivity index (χ4n) is 2.30. The second-order valence-corrected chi connectivity index (χ2v) is 6.37. The Morgan fingerprint density at radius 3 is 2.67 bits per heavy atom. The van der Waals surface area contributed by atoms with Crippen LogP contribution in [0.3, 0.4) is 0 Å². The highest BCUT2D eigenvalue weighted by atomic mass is 35.5. The molecule has 2 aromatic carbocycles. The van der Waals surface area contributed by atoms with Gasteiger partial charge in [0.15, 0.2) is 0 Å². The zero-order valence-corrected chi connectivity index (χ0v) is 13.0. The van der Waals surface area contributed by atoms with Crippen molar-refractivity contribution in [2.24, 2.45) is 0 Å². The number of carbonyl (C=O) groups excluding carboxylic acids is 1. The third kappa shape index (κ3) is 2.80. The molecule has 3 rings (SSSR count). The van der Waals surface area contributed by atoms with Gasteiger partial charge in [0.1, 0.15) is 0 Å². The summed E-state index contributed by atoms with van der Waals surface area (Å²) >= 11 is 7.74. The van der Waals surface area contributed by atoms with Crippen molar-refractivity contribution in [3.63, 3.8) is 0 Å². The summed E-state index contributed by atoms with van der Waals surface area (Å²) in [6.07, 6.45) is 0. The zero-order chi connectivity index (χ0) is 14.8. The molecule has 1 unspecified atom stereocenters. The molecule has 0 fully saturated rings. The van der Waals surface area contributed by atoms with Crippen molar-refractivity contribution in [2.75, 3.05) is 5.32 Å². The largest absolute Gasteiger partial charge is 0.322 e. The number of amides is 1. The van der Waals surface area contributed by atoms with E-state index in [-0.39, 0.29) is 11.3 Å². The topological polar surface area (TPSA) is 29.1 Å². The Morgan fingerprint density at radius 2 is 1.86 bits per heavy atom. The van der Waals surface area contributed by atoms with Gasteiger partial charge in [0.05, 0.1) is 10.9 Å². The van der Waals surface area contributed by atoms with Gasteiger partial charge < -0.3 is 5.32 Å². The van der Waals surface area contributed by atoms with Crippen LogP contribution in [0.5, 0.6) is 0 Å². The lowest BCUT2D eigenvalue weighted by Gasteiger charge is -2.12. The molecule has 1 atom stereocenters. The predicted molar refractivity (Wildman–Crippen MR) is 90.5 cm³/mol. The summed E-state index contributed by atoms with van der Waals surface area (Å²) in [6.45, 7) is 1.90. The number of halogens is 1. The van der Waals surface area contributed by atoms with Crippen molar-refractivity contribution in [3.05, 3.63) is 65.0 Å². The number of hydrogen-bond donors (Lipinski definition) is 1. The summed E-state index contributed by atoms with van der Waals surface area (Å²) in [5.41, 5.74) is 2.39. The van der Waals surface area contributed by atoms with Crippen molar-refractivity contribution in [1.82, 2.24) is 0 Å². The Labute approximate surface area is 132 Å². The van der Waals surface area contributed by atoms with Crippen LogP contribution in [-0.2, 0) is 0 Å². The number of rotatable bonds is 3. The van der Waals surface area contributed by atoms with Crippen LogP contribution < -0.4 is 5.32 Å². The summed E-state index contributed by atoms with van der Waals surface area (Å²) in [6, 6.07) is 15.5. The first-order valence-corrected chi connectivity index (χ1v) is 7.99. The molecule has 2 nitrogen and oxygen atoms in total. The monoisotopic (exact) mass is 315 g/mol. The molecule has 21 heavy (non-hydrogen) atoms. The molecule has 0 aliphatic rings. The molecule has 0 saturated heterocycles. The van der Waals surface area contributed by atoms with Gasteiger partial charge in [-0.2, -0.15) is 0 Å².